The maximum absolute atomic E-state index is 11.5. The number of nitrogens with zero attached hydrogens (tertiary/aromatic N) is 3. The Morgan fingerprint density at radius 3 is 2.78 bits per heavy atom. The SMILES string of the molecule is Cc1ccc(C#N)c(N(C)C2CCS(=O)(=O)C2)n1. The van der Waals surface area contributed by atoms with Crippen molar-refractivity contribution in [1.29, 1.82) is 5.26 Å². The summed E-state index contributed by atoms with van der Waals surface area (Å²) in [6.45, 7) is 1.85. The van der Waals surface area contributed by atoms with Crippen LogP contribution in [0.4, 0.5) is 5.82 Å². The number of hydrogen-bond acceptors (Lipinski definition) is 5. The number of pyridine rings is 1. The van der Waals surface area contributed by atoms with Gasteiger partial charge in [-0.2, -0.15) is 5.26 Å². The molecule has 0 saturated carbocycles. The molecule has 5 nitrogen and oxygen atoms in total. The zero-order chi connectivity index (χ0) is 13.3. The van der Waals surface area contributed by atoms with Gasteiger partial charge in [-0.3, -0.25) is 0 Å². The van der Waals surface area contributed by atoms with Crippen LogP contribution in [0, 0.1) is 18.3 Å². The molecule has 0 radical (unpaired) electrons. The number of hydrogen-bond donors (Lipinski definition) is 0. The van der Waals surface area contributed by atoms with Crippen LogP contribution in [-0.2, 0) is 9.84 Å². The standard InChI is InChI=1S/C12H15N3O2S/c1-9-3-4-10(7-13)12(14-9)15(2)11-5-6-18(16,17)8-11/h3-4,11H,5-6,8H2,1-2H3. The van der Waals surface area contributed by atoms with Gasteiger partial charge in [0.05, 0.1) is 17.1 Å². The zero-order valence-corrected chi connectivity index (χ0v) is 11.2. The Morgan fingerprint density at radius 1 is 1.50 bits per heavy atom. The van der Waals surface area contributed by atoms with Gasteiger partial charge < -0.3 is 4.90 Å². The van der Waals surface area contributed by atoms with E-state index in [4.69, 9.17) is 5.26 Å². The van der Waals surface area contributed by atoms with Crippen LogP contribution in [-0.4, -0.2) is 38.0 Å². The molecule has 0 aliphatic carbocycles. The van der Waals surface area contributed by atoms with Crippen LogP contribution in [0.1, 0.15) is 17.7 Å². The molecular formula is C12H15N3O2S. The van der Waals surface area contributed by atoms with E-state index in [0.29, 0.717) is 17.8 Å². The molecule has 1 aliphatic heterocycles. The van der Waals surface area contributed by atoms with Gasteiger partial charge in [-0.15, -0.1) is 0 Å². The third-order valence-corrected chi connectivity index (χ3v) is 4.98. The fraction of sp³-hybridized carbons (Fsp3) is 0.500. The summed E-state index contributed by atoms with van der Waals surface area (Å²) in [7, 11) is -1.13. The smallest absolute Gasteiger partial charge is 0.152 e. The molecule has 1 aromatic heterocycles. The predicted octanol–water partition coefficient (Wildman–Crippen LogP) is 0.885. The van der Waals surface area contributed by atoms with E-state index in [1.165, 1.54) is 0 Å². The first kappa shape index (κ1) is 12.8. The van der Waals surface area contributed by atoms with E-state index in [2.05, 4.69) is 11.1 Å². The maximum Gasteiger partial charge on any atom is 0.152 e. The summed E-state index contributed by atoms with van der Waals surface area (Å²) >= 11 is 0. The summed E-state index contributed by atoms with van der Waals surface area (Å²) in [5, 5.41) is 9.07. The first-order valence-corrected chi connectivity index (χ1v) is 7.56. The molecule has 0 spiro atoms. The average Bonchev–Trinajstić information content (AvgIpc) is 2.68. The lowest BCUT2D eigenvalue weighted by atomic mass is 10.2. The number of aryl methyl sites for hydroxylation is 1. The normalized spacial score (nSPS) is 21.5. The van der Waals surface area contributed by atoms with Gasteiger partial charge in [-0.05, 0) is 25.5 Å². The molecule has 1 saturated heterocycles. The molecule has 1 atom stereocenters. The molecular weight excluding hydrogens is 250 g/mol. The third kappa shape index (κ3) is 2.46. The van der Waals surface area contributed by atoms with E-state index in [0.717, 1.165) is 5.69 Å². The molecule has 0 N–H and O–H groups in total. The van der Waals surface area contributed by atoms with Crippen molar-refractivity contribution in [2.45, 2.75) is 19.4 Å². The second-order valence-corrected chi connectivity index (χ2v) is 6.83. The van der Waals surface area contributed by atoms with Crippen molar-refractivity contribution >= 4 is 15.7 Å². The second-order valence-electron chi connectivity index (χ2n) is 4.60. The average molecular weight is 265 g/mol. The Bertz CT molecular complexity index is 604. The van der Waals surface area contributed by atoms with Crippen LogP contribution >= 0.6 is 0 Å². The first-order chi connectivity index (χ1) is 8.43. The van der Waals surface area contributed by atoms with Crippen molar-refractivity contribution in [3.8, 4) is 6.07 Å². The Kier molecular flexibility index (Phi) is 3.26. The Balaban J connectivity index is 2.32. The minimum absolute atomic E-state index is 0.0867. The molecule has 1 unspecified atom stereocenters. The van der Waals surface area contributed by atoms with E-state index in [-0.39, 0.29) is 17.5 Å². The van der Waals surface area contributed by atoms with Crippen LogP contribution in [0.5, 0.6) is 0 Å². The second kappa shape index (κ2) is 4.58. The number of anilines is 1. The summed E-state index contributed by atoms with van der Waals surface area (Å²) in [6.07, 6.45) is 0.597. The van der Waals surface area contributed by atoms with Crippen molar-refractivity contribution in [3.05, 3.63) is 23.4 Å². The fourth-order valence-corrected chi connectivity index (χ4v) is 3.93. The fourth-order valence-electron chi connectivity index (χ4n) is 2.15. The lowest BCUT2D eigenvalue weighted by Crippen LogP contribution is -2.33. The van der Waals surface area contributed by atoms with Crippen LogP contribution in [0.15, 0.2) is 12.1 Å². The molecule has 18 heavy (non-hydrogen) atoms. The molecule has 0 amide bonds. The van der Waals surface area contributed by atoms with Gasteiger partial charge in [0.2, 0.25) is 0 Å². The molecule has 1 aliphatic rings. The summed E-state index contributed by atoms with van der Waals surface area (Å²) in [6, 6.07) is 5.51. The highest BCUT2D eigenvalue weighted by atomic mass is 32.2. The first-order valence-electron chi connectivity index (χ1n) is 5.74. The Morgan fingerprint density at radius 2 is 2.22 bits per heavy atom. The number of sulfone groups is 1. The molecule has 2 heterocycles. The van der Waals surface area contributed by atoms with Gasteiger partial charge in [-0.1, -0.05) is 0 Å². The maximum atomic E-state index is 11.5. The van der Waals surface area contributed by atoms with Gasteiger partial charge in [-0.25, -0.2) is 13.4 Å². The quantitative estimate of drug-likeness (QED) is 0.793. The highest BCUT2D eigenvalue weighted by molar-refractivity contribution is 7.91. The van der Waals surface area contributed by atoms with Gasteiger partial charge >= 0.3 is 0 Å². The lowest BCUT2D eigenvalue weighted by molar-refractivity contribution is 0.600. The van der Waals surface area contributed by atoms with Crippen LogP contribution < -0.4 is 4.90 Å². The van der Waals surface area contributed by atoms with Gasteiger partial charge in [0.25, 0.3) is 0 Å². The molecule has 1 fully saturated rings. The minimum atomic E-state index is -2.93. The van der Waals surface area contributed by atoms with E-state index in [1.807, 2.05) is 11.8 Å². The Labute approximate surface area is 107 Å². The van der Waals surface area contributed by atoms with Gasteiger partial charge in [0.15, 0.2) is 9.84 Å². The van der Waals surface area contributed by atoms with Crippen molar-refractivity contribution < 1.29 is 8.42 Å². The number of rotatable bonds is 2. The van der Waals surface area contributed by atoms with Crippen molar-refractivity contribution in [3.63, 3.8) is 0 Å². The van der Waals surface area contributed by atoms with Crippen LogP contribution in [0.3, 0.4) is 0 Å². The topological polar surface area (TPSA) is 74.1 Å². The summed E-state index contributed by atoms with van der Waals surface area (Å²) in [4.78, 5) is 6.16. The lowest BCUT2D eigenvalue weighted by Gasteiger charge is -2.25. The number of aromatic nitrogens is 1. The zero-order valence-electron chi connectivity index (χ0n) is 10.4. The largest absolute Gasteiger partial charge is 0.355 e. The molecule has 6 heteroatoms. The van der Waals surface area contributed by atoms with Crippen LogP contribution in [0.25, 0.3) is 0 Å². The molecule has 2 rings (SSSR count). The van der Waals surface area contributed by atoms with E-state index in [1.54, 1.807) is 19.2 Å². The molecule has 1 aromatic rings. The molecule has 0 aromatic carbocycles. The summed E-state index contributed by atoms with van der Waals surface area (Å²) in [5.41, 5.74) is 1.30. The van der Waals surface area contributed by atoms with Crippen LogP contribution in [0.2, 0.25) is 0 Å². The summed E-state index contributed by atoms with van der Waals surface area (Å²) < 4.78 is 23.0. The molecule has 0 bridgehead atoms. The predicted molar refractivity (Wildman–Crippen MR) is 69.2 cm³/mol. The van der Waals surface area contributed by atoms with Crippen molar-refractivity contribution in [2.75, 3.05) is 23.5 Å². The van der Waals surface area contributed by atoms with E-state index in [9.17, 15) is 8.42 Å². The molecule has 96 valence electrons. The van der Waals surface area contributed by atoms with E-state index < -0.39 is 9.84 Å². The highest BCUT2D eigenvalue weighted by Gasteiger charge is 2.32. The van der Waals surface area contributed by atoms with Gasteiger partial charge in [0, 0.05) is 18.8 Å². The van der Waals surface area contributed by atoms with E-state index >= 15 is 0 Å². The number of nitriles is 1. The van der Waals surface area contributed by atoms with Gasteiger partial charge in [0.1, 0.15) is 11.9 Å². The minimum Gasteiger partial charge on any atom is -0.355 e. The third-order valence-electron chi connectivity index (χ3n) is 3.23. The summed E-state index contributed by atoms with van der Waals surface area (Å²) in [5.74, 6) is 0.930. The van der Waals surface area contributed by atoms with Crippen molar-refractivity contribution in [1.82, 2.24) is 4.98 Å². The highest BCUT2D eigenvalue weighted by Crippen LogP contribution is 2.24. The monoisotopic (exact) mass is 265 g/mol. The Hall–Kier alpha value is -1.61. The van der Waals surface area contributed by atoms with Crippen molar-refractivity contribution in [2.24, 2.45) is 0 Å².